The molecule has 1 atom stereocenters. The van der Waals surface area contributed by atoms with Gasteiger partial charge in [0.15, 0.2) is 0 Å². The van der Waals surface area contributed by atoms with Gasteiger partial charge < -0.3 is 15.0 Å². The van der Waals surface area contributed by atoms with Gasteiger partial charge in [-0.15, -0.1) is 0 Å². The van der Waals surface area contributed by atoms with Crippen LogP contribution in [0.2, 0.25) is 0 Å². The Morgan fingerprint density at radius 1 is 0.605 bits per heavy atom. The average Bonchev–Trinajstić information content (AvgIpc) is 3.65. The Morgan fingerprint density at radius 2 is 1.03 bits per heavy atom. The van der Waals surface area contributed by atoms with E-state index in [9.17, 15) is 13.2 Å². The number of para-hydroxylation sites is 3. The van der Waals surface area contributed by atoms with E-state index in [-0.39, 0.29) is 0 Å². The summed E-state index contributed by atoms with van der Waals surface area (Å²) in [7, 11) is 0. The van der Waals surface area contributed by atoms with Crippen molar-refractivity contribution in [3.05, 3.63) is 108 Å². The lowest BCUT2D eigenvalue weighted by atomic mass is 10.0. The molecule has 198 valence electrons. The highest BCUT2D eigenvalue weighted by molar-refractivity contribution is 5.84. The molecule has 0 bridgehead atoms. The van der Waals surface area contributed by atoms with Crippen LogP contribution in [0.4, 0.5) is 13.2 Å². The smallest absolute Gasteiger partial charge is 0.361 e. The number of aryl methyl sites for hydroxylation is 1. The Bertz CT molecular complexity index is 1600. The first-order chi connectivity index (χ1) is 18.2. The molecule has 0 fully saturated rings. The highest BCUT2D eigenvalue weighted by Gasteiger charge is 2.38. The van der Waals surface area contributed by atoms with Crippen molar-refractivity contribution in [2.45, 2.75) is 52.1 Å². The quantitative estimate of drug-likeness (QED) is 0.209. The Labute approximate surface area is 221 Å². The van der Waals surface area contributed by atoms with Crippen LogP contribution in [-0.4, -0.2) is 21.1 Å². The van der Waals surface area contributed by atoms with E-state index in [0.29, 0.717) is 16.9 Å². The molecule has 0 saturated heterocycles. The first-order valence-corrected chi connectivity index (χ1v) is 12.9. The molecular weight excluding hydrogens is 483 g/mol. The van der Waals surface area contributed by atoms with Gasteiger partial charge in [0, 0.05) is 51.3 Å². The fraction of sp³-hybridized carbons (Fsp3) is 0.250. The number of H-pyrrole nitrogens is 3. The monoisotopic (exact) mass is 517 g/mol. The zero-order valence-corrected chi connectivity index (χ0v) is 22.2. The molecule has 6 heteroatoms. The summed E-state index contributed by atoms with van der Waals surface area (Å²) in [6, 6.07) is 23.8. The Hall–Kier alpha value is -3.93. The minimum atomic E-state index is -4.19. The molecule has 3 N–H and O–H groups in total. The minimum absolute atomic E-state index is 0.304. The summed E-state index contributed by atoms with van der Waals surface area (Å²) in [5.74, 6) is -0.838. The predicted molar refractivity (Wildman–Crippen MR) is 153 cm³/mol. The summed E-state index contributed by atoms with van der Waals surface area (Å²) >= 11 is 0. The molecule has 0 radical (unpaired) electrons. The van der Waals surface area contributed by atoms with Crippen molar-refractivity contribution in [2.75, 3.05) is 0 Å². The van der Waals surface area contributed by atoms with E-state index in [1.54, 1.807) is 24.3 Å². The van der Waals surface area contributed by atoms with Gasteiger partial charge in [-0.2, -0.15) is 13.2 Å². The fourth-order valence-electron chi connectivity index (χ4n) is 4.62. The van der Waals surface area contributed by atoms with Gasteiger partial charge in [0.05, 0.1) is 5.92 Å². The van der Waals surface area contributed by atoms with Gasteiger partial charge in [-0.05, 0) is 54.2 Å². The summed E-state index contributed by atoms with van der Waals surface area (Å²) in [5, 5.41) is 3.35. The van der Waals surface area contributed by atoms with E-state index in [2.05, 4.69) is 96.6 Å². The normalized spacial score (nSPS) is 12.3. The van der Waals surface area contributed by atoms with Crippen molar-refractivity contribution in [1.29, 1.82) is 0 Å². The molecule has 3 nitrogen and oxygen atoms in total. The van der Waals surface area contributed by atoms with Crippen molar-refractivity contribution in [3.63, 3.8) is 0 Å². The molecule has 6 aromatic rings. The molecule has 0 saturated carbocycles. The number of aromatic nitrogens is 3. The van der Waals surface area contributed by atoms with Crippen LogP contribution in [0, 0.1) is 0 Å². The SMILES string of the molecule is CC(C)c1c[nH]c2ccccc12.CC(c1c[nH]c2ccccc12)C(F)(F)F.CCc1c[nH]c2ccccc12. The average molecular weight is 518 g/mol. The second-order valence-corrected chi connectivity index (χ2v) is 9.71. The van der Waals surface area contributed by atoms with E-state index in [4.69, 9.17) is 0 Å². The molecule has 3 aromatic heterocycles. The van der Waals surface area contributed by atoms with Crippen molar-refractivity contribution < 1.29 is 13.2 Å². The molecule has 3 heterocycles. The standard InChI is InChI=1S/C11H10F3N.C11H13N.C10H11N/c1-7(11(12,13)14)9-6-15-10-5-3-2-4-8(9)10;1-8(2)10-7-12-11-6-4-3-5-9(10)11;1-2-8-7-11-10-6-4-3-5-9(8)10/h2-7,15H,1H3;3-8,12H,1-2H3;3-7,11H,2H2,1H3. The molecule has 0 spiro atoms. The third kappa shape index (κ3) is 5.96. The summed E-state index contributed by atoms with van der Waals surface area (Å²) in [6.07, 6.45) is 2.54. The van der Waals surface area contributed by atoms with Crippen LogP contribution in [0.3, 0.4) is 0 Å². The maximum atomic E-state index is 12.5. The highest BCUT2D eigenvalue weighted by atomic mass is 19.4. The van der Waals surface area contributed by atoms with E-state index < -0.39 is 12.1 Å². The molecule has 0 aliphatic heterocycles. The van der Waals surface area contributed by atoms with Gasteiger partial charge in [0.1, 0.15) is 0 Å². The number of hydrogen-bond acceptors (Lipinski definition) is 0. The fourth-order valence-corrected chi connectivity index (χ4v) is 4.62. The van der Waals surface area contributed by atoms with E-state index in [0.717, 1.165) is 11.9 Å². The summed E-state index contributed by atoms with van der Waals surface area (Å²) in [6.45, 7) is 7.79. The molecule has 38 heavy (non-hydrogen) atoms. The van der Waals surface area contributed by atoms with Crippen LogP contribution in [0.5, 0.6) is 0 Å². The summed E-state index contributed by atoms with van der Waals surface area (Å²) in [5.41, 5.74) is 6.33. The number of alkyl halides is 3. The van der Waals surface area contributed by atoms with E-state index in [1.807, 2.05) is 0 Å². The van der Waals surface area contributed by atoms with Crippen LogP contribution < -0.4 is 0 Å². The number of benzene rings is 3. The first kappa shape index (κ1) is 27.1. The van der Waals surface area contributed by atoms with Crippen LogP contribution in [0.25, 0.3) is 32.7 Å². The largest absolute Gasteiger partial charge is 0.395 e. The van der Waals surface area contributed by atoms with E-state index >= 15 is 0 Å². The lowest BCUT2D eigenvalue weighted by Crippen LogP contribution is -2.17. The molecule has 0 aliphatic rings. The van der Waals surface area contributed by atoms with Gasteiger partial charge in [-0.25, -0.2) is 0 Å². The number of rotatable bonds is 3. The Kier molecular flexibility index (Phi) is 8.30. The topological polar surface area (TPSA) is 47.4 Å². The number of halogens is 3. The third-order valence-electron chi connectivity index (χ3n) is 6.88. The lowest BCUT2D eigenvalue weighted by Gasteiger charge is -2.14. The summed E-state index contributed by atoms with van der Waals surface area (Å²) in [4.78, 5) is 9.35. The van der Waals surface area contributed by atoms with Crippen LogP contribution >= 0.6 is 0 Å². The van der Waals surface area contributed by atoms with Gasteiger partial charge in [-0.1, -0.05) is 75.4 Å². The van der Waals surface area contributed by atoms with Crippen molar-refractivity contribution in [1.82, 2.24) is 15.0 Å². The van der Waals surface area contributed by atoms with Gasteiger partial charge >= 0.3 is 6.18 Å². The van der Waals surface area contributed by atoms with Crippen molar-refractivity contribution in [3.8, 4) is 0 Å². The molecule has 1 unspecified atom stereocenters. The molecular formula is C32H34F3N3. The number of aromatic amines is 3. The molecule has 0 aliphatic carbocycles. The first-order valence-electron chi connectivity index (χ1n) is 12.9. The van der Waals surface area contributed by atoms with Crippen molar-refractivity contribution in [2.24, 2.45) is 0 Å². The second-order valence-electron chi connectivity index (χ2n) is 9.71. The van der Waals surface area contributed by atoms with Crippen LogP contribution in [0.15, 0.2) is 91.4 Å². The molecule has 0 amide bonds. The lowest BCUT2D eigenvalue weighted by molar-refractivity contribution is -0.146. The van der Waals surface area contributed by atoms with E-state index in [1.165, 1.54) is 46.1 Å². The van der Waals surface area contributed by atoms with Crippen LogP contribution in [-0.2, 0) is 6.42 Å². The zero-order chi connectivity index (χ0) is 27.3. The van der Waals surface area contributed by atoms with Crippen molar-refractivity contribution >= 4 is 32.7 Å². The maximum absolute atomic E-state index is 12.5. The van der Waals surface area contributed by atoms with Crippen LogP contribution in [0.1, 0.15) is 56.2 Å². The number of fused-ring (bicyclic) bond motifs is 3. The Morgan fingerprint density at radius 3 is 1.53 bits per heavy atom. The third-order valence-corrected chi connectivity index (χ3v) is 6.88. The number of nitrogens with one attached hydrogen (secondary N) is 3. The highest BCUT2D eigenvalue weighted by Crippen LogP contribution is 2.37. The molecule has 3 aromatic carbocycles. The maximum Gasteiger partial charge on any atom is 0.395 e. The molecule has 6 rings (SSSR count). The minimum Gasteiger partial charge on any atom is -0.361 e. The van der Waals surface area contributed by atoms with Gasteiger partial charge in [0.2, 0.25) is 0 Å². The number of hydrogen-bond donors (Lipinski definition) is 3. The zero-order valence-electron chi connectivity index (χ0n) is 22.2. The predicted octanol–water partition coefficient (Wildman–Crippen LogP) is 9.86. The second kappa shape index (κ2) is 11.6. The Balaban J connectivity index is 0.000000134. The summed E-state index contributed by atoms with van der Waals surface area (Å²) < 4.78 is 37.6. The van der Waals surface area contributed by atoms with Gasteiger partial charge in [0.25, 0.3) is 0 Å². The van der Waals surface area contributed by atoms with Gasteiger partial charge in [-0.3, -0.25) is 0 Å².